The Bertz CT molecular complexity index is 1510. The predicted octanol–water partition coefficient (Wildman–Crippen LogP) is 3.89. The van der Waals surface area contributed by atoms with Crippen LogP contribution < -0.4 is 20.4 Å². The summed E-state index contributed by atoms with van der Waals surface area (Å²) in [4.78, 5) is 48.9. The molecule has 11 heteroatoms. The van der Waals surface area contributed by atoms with Crippen LogP contribution in [-0.4, -0.2) is 78.5 Å². The number of hydrogen-bond acceptors (Lipinski definition) is 8. The maximum Gasteiger partial charge on any atom is 0.277 e. The molecule has 11 nitrogen and oxygen atoms in total. The first-order valence-electron chi connectivity index (χ1n) is 15.1. The number of anilines is 3. The van der Waals surface area contributed by atoms with Gasteiger partial charge in [0.05, 0.1) is 16.9 Å². The number of piperazine rings is 1. The van der Waals surface area contributed by atoms with Crippen LogP contribution in [0.2, 0.25) is 0 Å². The summed E-state index contributed by atoms with van der Waals surface area (Å²) in [6.45, 7) is 6.63. The molecule has 0 unspecified atom stereocenters. The van der Waals surface area contributed by atoms with E-state index in [1.165, 1.54) is 23.6 Å². The first-order chi connectivity index (χ1) is 20.9. The number of carbonyl (C=O) groups is 3. The minimum absolute atomic E-state index is 0.0636. The molecule has 0 radical (unpaired) electrons. The molecular formula is C32H38N6O5. The van der Waals surface area contributed by atoms with Gasteiger partial charge in [-0.05, 0) is 50.3 Å². The Morgan fingerprint density at radius 3 is 2.47 bits per heavy atom. The third kappa shape index (κ3) is 6.45. The van der Waals surface area contributed by atoms with Crippen molar-refractivity contribution in [2.75, 3.05) is 60.9 Å². The summed E-state index contributed by atoms with van der Waals surface area (Å²) in [5.41, 5.74) is 3.68. The summed E-state index contributed by atoms with van der Waals surface area (Å²) in [6.07, 6.45) is 5.44. The highest BCUT2D eigenvalue weighted by atomic mass is 16.3. The number of aryl methyl sites for hydroxylation is 1. The molecule has 1 aliphatic carbocycles. The van der Waals surface area contributed by atoms with Crippen LogP contribution in [0.4, 0.5) is 17.1 Å². The molecule has 3 N–H and O–H groups in total. The molecule has 2 saturated heterocycles. The number of nitrogens with zero attached hydrogens (tertiary/aromatic N) is 4. The highest BCUT2D eigenvalue weighted by Gasteiger charge is 2.30. The average molecular weight is 587 g/mol. The number of benzene rings is 2. The fourth-order valence-electron chi connectivity index (χ4n) is 5.83. The number of aromatic nitrogens is 1. The zero-order chi connectivity index (χ0) is 29.9. The van der Waals surface area contributed by atoms with Crippen molar-refractivity contribution in [3.8, 4) is 5.75 Å². The first kappa shape index (κ1) is 28.6. The van der Waals surface area contributed by atoms with Gasteiger partial charge in [-0.25, -0.2) is 4.98 Å². The smallest absolute Gasteiger partial charge is 0.277 e. The van der Waals surface area contributed by atoms with Crippen LogP contribution in [0.15, 0.2) is 47.1 Å². The molecule has 226 valence electrons. The highest BCUT2D eigenvalue weighted by Crippen LogP contribution is 2.39. The van der Waals surface area contributed by atoms with Gasteiger partial charge in [0.15, 0.2) is 11.6 Å². The number of para-hydroxylation sites is 1. The van der Waals surface area contributed by atoms with Crippen LogP contribution in [0.1, 0.15) is 70.3 Å². The lowest BCUT2D eigenvalue weighted by Gasteiger charge is -2.38. The predicted molar refractivity (Wildman–Crippen MR) is 163 cm³/mol. The van der Waals surface area contributed by atoms with Crippen molar-refractivity contribution in [1.82, 2.24) is 15.2 Å². The monoisotopic (exact) mass is 586 g/mol. The summed E-state index contributed by atoms with van der Waals surface area (Å²) in [6, 6.07) is 11.4. The topological polar surface area (TPSA) is 131 Å². The largest absolute Gasteiger partial charge is 0.507 e. The number of nitrogens with one attached hydrogen (secondary N) is 2. The number of rotatable bonds is 10. The van der Waals surface area contributed by atoms with Crippen LogP contribution in [0.25, 0.3) is 0 Å². The van der Waals surface area contributed by atoms with E-state index in [9.17, 15) is 19.5 Å². The van der Waals surface area contributed by atoms with Crippen LogP contribution in [-0.2, 0) is 4.79 Å². The molecule has 0 bridgehead atoms. The second-order valence-electron chi connectivity index (χ2n) is 11.5. The fraction of sp³-hybridized carbons (Fsp3) is 0.438. The standard InChI is InChI=1S/C32H38N6O5/c1-21-6-2-3-7-26(21)36-14-16-37(17-15-36)27-19-28(39)23(30(41)33-11-5-13-38-12-4-8-29(38)40)18-24(27)34-31(42)25-20-43-32(35-25)22-9-10-22/h2-3,6-7,18-20,22,39H,4-5,8-17H2,1H3,(H,33,41)(H,34,42). The Hall–Kier alpha value is -4.54. The van der Waals surface area contributed by atoms with Gasteiger partial charge in [0, 0.05) is 69.9 Å². The van der Waals surface area contributed by atoms with Crippen molar-refractivity contribution >= 4 is 34.8 Å². The summed E-state index contributed by atoms with van der Waals surface area (Å²) in [5, 5.41) is 16.8. The molecule has 6 rings (SSSR count). The lowest BCUT2D eigenvalue weighted by Crippen LogP contribution is -2.47. The Labute approximate surface area is 250 Å². The second kappa shape index (κ2) is 12.4. The number of aromatic hydroxyl groups is 1. The van der Waals surface area contributed by atoms with E-state index in [-0.39, 0.29) is 28.8 Å². The van der Waals surface area contributed by atoms with Crippen molar-refractivity contribution in [2.24, 2.45) is 0 Å². The minimum atomic E-state index is -0.450. The Kier molecular flexibility index (Phi) is 8.22. The van der Waals surface area contributed by atoms with Gasteiger partial charge in [0.2, 0.25) is 5.91 Å². The van der Waals surface area contributed by atoms with Gasteiger partial charge in [-0.3, -0.25) is 14.4 Å². The van der Waals surface area contributed by atoms with Gasteiger partial charge in [-0.1, -0.05) is 18.2 Å². The van der Waals surface area contributed by atoms with Crippen LogP contribution in [0.3, 0.4) is 0 Å². The molecule has 0 spiro atoms. The van der Waals surface area contributed by atoms with Crippen LogP contribution in [0.5, 0.6) is 5.75 Å². The van der Waals surface area contributed by atoms with E-state index in [2.05, 4.69) is 44.5 Å². The molecule has 1 saturated carbocycles. The average Bonchev–Trinajstić information content (AvgIpc) is 3.59. The summed E-state index contributed by atoms with van der Waals surface area (Å²) in [5.74, 6) is -0.0692. The molecular weight excluding hydrogens is 548 g/mol. The number of likely N-dealkylation sites (tertiary alicyclic amines) is 1. The second-order valence-corrected chi connectivity index (χ2v) is 11.5. The lowest BCUT2D eigenvalue weighted by atomic mass is 10.1. The number of amides is 3. The summed E-state index contributed by atoms with van der Waals surface area (Å²) in [7, 11) is 0. The molecule has 3 amide bonds. The highest BCUT2D eigenvalue weighted by molar-refractivity contribution is 6.07. The van der Waals surface area contributed by atoms with Gasteiger partial charge in [-0.2, -0.15) is 0 Å². The Morgan fingerprint density at radius 1 is 1.02 bits per heavy atom. The van der Waals surface area contributed by atoms with Crippen molar-refractivity contribution in [1.29, 1.82) is 0 Å². The van der Waals surface area contributed by atoms with Crippen molar-refractivity contribution in [3.05, 3.63) is 65.4 Å². The Morgan fingerprint density at radius 2 is 1.77 bits per heavy atom. The van der Waals surface area contributed by atoms with Crippen LogP contribution in [0, 0.1) is 6.92 Å². The van der Waals surface area contributed by atoms with Gasteiger partial charge >= 0.3 is 0 Å². The van der Waals surface area contributed by atoms with Crippen molar-refractivity contribution in [3.63, 3.8) is 0 Å². The molecule has 2 aromatic carbocycles. The quantitative estimate of drug-likeness (QED) is 0.241. The van der Waals surface area contributed by atoms with Gasteiger partial charge in [0.1, 0.15) is 12.0 Å². The van der Waals surface area contributed by atoms with E-state index in [0.29, 0.717) is 56.3 Å². The zero-order valence-electron chi connectivity index (χ0n) is 24.5. The molecule has 43 heavy (non-hydrogen) atoms. The van der Waals surface area contributed by atoms with E-state index in [1.54, 1.807) is 6.07 Å². The maximum atomic E-state index is 13.3. The number of carbonyl (C=O) groups excluding carboxylic acids is 3. The minimum Gasteiger partial charge on any atom is -0.507 e. The third-order valence-corrected chi connectivity index (χ3v) is 8.43. The fourth-order valence-corrected chi connectivity index (χ4v) is 5.83. The van der Waals surface area contributed by atoms with Gasteiger partial charge < -0.3 is 34.9 Å². The van der Waals surface area contributed by atoms with Crippen molar-refractivity contribution in [2.45, 2.75) is 44.9 Å². The number of hydrogen-bond donors (Lipinski definition) is 3. The number of oxazole rings is 1. The van der Waals surface area contributed by atoms with E-state index in [4.69, 9.17) is 4.42 Å². The number of phenolic OH excluding ortho intramolecular Hbond substituents is 1. The molecule has 3 aliphatic rings. The normalized spacial score (nSPS) is 17.0. The molecule has 2 aliphatic heterocycles. The van der Waals surface area contributed by atoms with E-state index in [0.717, 1.165) is 38.9 Å². The SMILES string of the molecule is Cc1ccccc1N1CCN(c2cc(O)c(C(=O)NCCCN3CCCC3=O)cc2NC(=O)c2coc(C3CC3)n2)CC1. The molecule has 1 aromatic heterocycles. The number of phenols is 1. The van der Waals surface area contributed by atoms with Gasteiger partial charge in [0.25, 0.3) is 11.8 Å². The van der Waals surface area contributed by atoms with Crippen LogP contribution >= 0.6 is 0 Å². The van der Waals surface area contributed by atoms with E-state index >= 15 is 0 Å². The first-order valence-corrected chi connectivity index (χ1v) is 15.1. The summed E-state index contributed by atoms with van der Waals surface area (Å²) < 4.78 is 5.52. The molecule has 3 heterocycles. The van der Waals surface area contributed by atoms with E-state index in [1.807, 2.05) is 17.0 Å². The maximum absolute atomic E-state index is 13.3. The van der Waals surface area contributed by atoms with Crippen molar-refractivity contribution < 1.29 is 23.9 Å². The molecule has 0 atom stereocenters. The lowest BCUT2D eigenvalue weighted by molar-refractivity contribution is -0.127. The molecule has 3 aromatic rings. The van der Waals surface area contributed by atoms with Gasteiger partial charge in [-0.15, -0.1) is 0 Å². The zero-order valence-corrected chi connectivity index (χ0v) is 24.5. The summed E-state index contributed by atoms with van der Waals surface area (Å²) >= 11 is 0. The Balaban J connectivity index is 1.18. The van der Waals surface area contributed by atoms with E-state index < -0.39 is 11.8 Å². The third-order valence-electron chi connectivity index (χ3n) is 8.43. The molecule has 3 fully saturated rings.